The molecule has 1 aromatic carbocycles. The standard InChI is InChI=1S/C17H23N3O2/c1-11(18-14-8-4-5-12(14)9-10-21)16-19-15-7-3-2-6-13(15)17(22)20-16/h2-3,6-7,11-12,14,18,21H,4-5,8-10H2,1H3,(H,19,20,22)/t11-,12-,14-/m0/s1. The number of para-hydroxylation sites is 1. The van der Waals surface area contributed by atoms with Gasteiger partial charge >= 0.3 is 0 Å². The molecule has 1 heterocycles. The molecule has 5 heteroatoms. The second-order valence-corrected chi connectivity index (χ2v) is 6.17. The van der Waals surface area contributed by atoms with Crippen molar-refractivity contribution in [1.82, 2.24) is 15.3 Å². The van der Waals surface area contributed by atoms with Crippen LogP contribution in [0.4, 0.5) is 0 Å². The van der Waals surface area contributed by atoms with Gasteiger partial charge in [0, 0.05) is 12.6 Å². The number of rotatable bonds is 5. The van der Waals surface area contributed by atoms with Gasteiger partial charge in [-0.15, -0.1) is 0 Å². The Morgan fingerprint density at radius 2 is 2.23 bits per heavy atom. The van der Waals surface area contributed by atoms with Crippen LogP contribution in [-0.2, 0) is 0 Å². The van der Waals surface area contributed by atoms with Crippen LogP contribution in [0.3, 0.4) is 0 Å². The summed E-state index contributed by atoms with van der Waals surface area (Å²) >= 11 is 0. The lowest BCUT2D eigenvalue weighted by atomic mass is 9.99. The van der Waals surface area contributed by atoms with E-state index in [-0.39, 0.29) is 18.2 Å². The van der Waals surface area contributed by atoms with Gasteiger partial charge in [0.05, 0.1) is 16.9 Å². The Labute approximate surface area is 129 Å². The number of hydrogen-bond donors (Lipinski definition) is 3. The zero-order chi connectivity index (χ0) is 15.5. The summed E-state index contributed by atoms with van der Waals surface area (Å²) in [5, 5.41) is 13.4. The predicted molar refractivity (Wildman–Crippen MR) is 86.7 cm³/mol. The van der Waals surface area contributed by atoms with Crippen LogP contribution in [0, 0.1) is 5.92 Å². The summed E-state index contributed by atoms with van der Waals surface area (Å²) in [6.07, 6.45) is 4.31. The second-order valence-electron chi connectivity index (χ2n) is 6.17. The highest BCUT2D eigenvalue weighted by molar-refractivity contribution is 5.77. The minimum absolute atomic E-state index is 0.0124. The molecule has 0 bridgehead atoms. The van der Waals surface area contributed by atoms with Gasteiger partial charge < -0.3 is 15.4 Å². The molecular weight excluding hydrogens is 278 g/mol. The summed E-state index contributed by atoms with van der Waals surface area (Å²) in [6.45, 7) is 2.27. The van der Waals surface area contributed by atoms with E-state index in [0.29, 0.717) is 23.2 Å². The van der Waals surface area contributed by atoms with Crippen molar-refractivity contribution in [2.75, 3.05) is 6.61 Å². The van der Waals surface area contributed by atoms with Crippen LogP contribution in [0.25, 0.3) is 10.9 Å². The van der Waals surface area contributed by atoms with Gasteiger partial charge in [0.1, 0.15) is 5.82 Å². The number of aromatic amines is 1. The van der Waals surface area contributed by atoms with Crippen LogP contribution in [0.2, 0.25) is 0 Å². The van der Waals surface area contributed by atoms with Crippen LogP contribution in [-0.4, -0.2) is 27.7 Å². The summed E-state index contributed by atoms with van der Waals surface area (Å²) < 4.78 is 0. The topological polar surface area (TPSA) is 78.0 Å². The van der Waals surface area contributed by atoms with E-state index in [9.17, 15) is 4.79 Å². The number of nitrogens with zero attached hydrogens (tertiary/aromatic N) is 1. The summed E-state index contributed by atoms with van der Waals surface area (Å²) in [4.78, 5) is 19.6. The van der Waals surface area contributed by atoms with Crippen LogP contribution >= 0.6 is 0 Å². The number of aliphatic hydroxyl groups excluding tert-OH is 1. The Bertz CT molecular complexity index is 698. The molecule has 1 aliphatic rings. The minimum atomic E-state index is -0.0902. The van der Waals surface area contributed by atoms with Crippen molar-refractivity contribution in [2.24, 2.45) is 5.92 Å². The van der Waals surface area contributed by atoms with Gasteiger partial charge in [-0.1, -0.05) is 18.6 Å². The molecule has 3 atom stereocenters. The van der Waals surface area contributed by atoms with Gasteiger partial charge in [-0.3, -0.25) is 4.79 Å². The summed E-state index contributed by atoms with van der Waals surface area (Å²) in [5.41, 5.74) is 0.640. The maximum atomic E-state index is 12.2. The third-order valence-corrected chi connectivity index (χ3v) is 4.66. The lowest BCUT2D eigenvalue weighted by Gasteiger charge is -2.24. The Hall–Kier alpha value is -1.72. The molecule has 22 heavy (non-hydrogen) atoms. The largest absolute Gasteiger partial charge is 0.396 e. The average Bonchev–Trinajstić information content (AvgIpc) is 2.95. The highest BCUT2D eigenvalue weighted by atomic mass is 16.3. The van der Waals surface area contributed by atoms with E-state index in [1.54, 1.807) is 6.07 Å². The molecular formula is C17H23N3O2. The van der Waals surface area contributed by atoms with Crippen molar-refractivity contribution in [3.05, 3.63) is 40.4 Å². The van der Waals surface area contributed by atoms with E-state index in [1.165, 1.54) is 6.42 Å². The third-order valence-electron chi connectivity index (χ3n) is 4.66. The lowest BCUT2D eigenvalue weighted by molar-refractivity contribution is 0.237. The molecule has 118 valence electrons. The molecule has 0 saturated heterocycles. The number of fused-ring (bicyclic) bond motifs is 1. The van der Waals surface area contributed by atoms with E-state index in [1.807, 2.05) is 25.1 Å². The molecule has 3 rings (SSSR count). The first-order valence-corrected chi connectivity index (χ1v) is 8.05. The molecule has 1 aromatic heterocycles. The second kappa shape index (κ2) is 6.58. The Morgan fingerprint density at radius 1 is 1.41 bits per heavy atom. The maximum absolute atomic E-state index is 12.2. The first kappa shape index (κ1) is 15.2. The zero-order valence-electron chi connectivity index (χ0n) is 12.9. The molecule has 5 nitrogen and oxygen atoms in total. The smallest absolute Gasteiger partial charge is 0.258 e. The SMILES string of the molecule is C[C@H](N[C@H]1CCC[C@H]1CCO)c1nc2ccccc2c(=O)[nH]1. The van der Waals surface area contributed by atoms with Crippen molar-refractivity contribution in [3.63, 3.8) is 0 Å². The number of nitrogens with one attached hydrogen (secondary N) is 2. The molecule has 3 N–H and O–H groups in total. The van der Waals surface area contributed by atoms with Crippen LogP contribution in [0.15, 0.2) is 29.1 Å². The fourth-order valence-electron chi connectivity index (χ4n) is 3.48. The van der Waals surface area contributed by atoms with E-state index in [4.69, 9.17) is 5.11 Å². The Kier molecular flexibility index (Phi) is 4.55. The predicted octanol–water partition coefficient (Wildman–Crippen LogP) is 2.12. The summed E-state index contributed by atoms with van der Waals surface area (Å²) in [5.74, 6) is 1.19. The quantitative estimate of drug-likeness (QED) is 0.790. The van der Waals surface area contributed by atoms with Crippen LogP contribution < -0.4 is 10.9 Å². The van der Waals surface area contributed by atoms with Crippen molar-refractivity contribution in [3.8, 4) is 0 Å². The maximum Gasteiger partial charge on any atom is 0.258 e. The summed E-state index contributed by atoms with van der Waals surface area (Å²) in [6, 6.07) is 7.77. The number of hydrogen-bond acceptors (Lipinski definition) is 4. The number of aromatic nitrogens is 2. The van der Waals surface area contributed by atoms with E-state index in [0.717, 1.165) is 24.8 Å². The van der Waals surface area contributed by atoms with Crippen molar-refractivity contribution < 1.29 is 5.11 Å². The number of benzene rings is 1. The monoisotopic (exact) mass is 301 g/mol. The van der Waals surface area contributed by atoms with E-state index >= 15 is 0 Å². The van der Waals surface area contributed by atoms with E-state index < -0.39 is 0 Å². The lowest BCUT2D eigenvalue weighted by Crippen LogP contribution is -2.36. The van der Waals surface area contributed by atoms with Crippen molar-refractivity contribution in [2.45, 2.75) is 44.7 Å². The van der Waals surface area contributed by atoms with Gasteiger partial charge in [-0.2, -0.15) is 0 Å². The molecule has 0 aliphatic heterocycles. The van der Waals surface area contributed by atoms with E-state index in [2.05, 4.69) is 15.3 Å². The highest BCUT2D eigenvalue weighted by Gasteiger charge is 2.28. The van der Waals surface area contributed by atoms with Crippen LogP contribution in [0.1, 0.15) is 44.5 Å². The molecule has 0 unspecified atom stereocenters. The minimum Gasteiger partial charge on any atom is -0.396 e. The average molecular weight is 301 g/mol. The van der Waals surface area contributed by atoms with Gasteiger partial charge in [0.2, 0.25) is 0 Å². The fraction of sp³-hybridized carbons (Fsp3) is 0.529. The van der Waals surface area contributed by atoms with Gasteiger partial charge in [0.15, 0.2) is 0 Å². The first-order chi connectivity index (χ1) is 10.7. The fourth-order valence-corrected chi connectivity index (χ4v) is 3.48. The molecule has 1 saturated carbocycles. The van der Waals surface area contributed by atoms with Crippen molar-refractivity contribution >= 4 is 10.9 Å². The molecule has 1 aliphatic carbocycles. The molecule has 1 fully saturated rings. The third kappa shape index (κ3) is 3.05. The Balaban J connectivity index is 1.80. The molecule has 0 spiro atoms. The first-order valence-electron chi connectivity index (χ1n) is 8.05. The number of aliphatic hydroxyl groups is 1. The van der Waals surface area contributed by atoms with Crippen molar-refractivity contribution in [1.29, 1.82) is 0 Å². The van der Waals surface area contributed by atoms with Gasteiger partial charge in [0.25, 0.3) is 5.56 Å². The normalized spacial score (nSPS) is 23.0. The molecule has 2 aromatic rings. The molecule has 0 radical (unpaired) electrons. The highest BCUT2D eigenvalue weighted by Crippen LogP contribution is 2.29. The number of H-pyrrole nitrogens is 1. The molecule has 0 amide bonds. The Morgan fingerprint density at radius 3 is 3.05 bits per heavy atom. The van der Waals surface area contributed by atoms with Crippen LogP contribution in [0.5, 0.6) is 0 Å². The van der Waals surface area contributed by atoms with Gasteiger partial charge in [-0.25, -0.2) is 4.98 Å². The summed E-state index contributed by atoms with van der Waals surface area (Å²) in [7, 11) is 0. The zero-order valence-corrected chi connectivity index (χ0v) is 12.9. The van der Waals surface area contributed by atoms with Gasteiger partial charge in [-0.05, 0) is 44.2 Å².